The van der Waals surface area contributed by atoms with Crippen molar-refractivity contribution in [3.8, 4) is 0 Å². The van der Waals surface area contributed by atoms with Crippen molar-refractivity contribution < 1.29 is 13.6 Å². The van der Waals surface area contributed by atoms with Gasteiger partial charge in [-0.1, -0.05) is 19.4 Å². The molecule has 1 nitrogen and oxygen atoms in total. The second-order valence-corrected chi connectivity index (χ2v) is 8.36. The summed E-state index contributed by atoms with van der Waals surface area (Å²) in [5.74, 6) is -0.142. The molecule has 0 N–H and O–H groups in total. The average Bonchev–Trinajstić information content (AvgIpc) is 2.86. The van der Waals surface area contributed by atoms with Gasteiger partial charge in [0.15, 0.2) is 5.78 Å². The molecular formula is C19H24F2O. The van der Waals surface area contributed by atoms with Gasteiger partial charge in [-0.2, -0.15) is 0 Å². The number of carbonyl (C=O) groups excluding carboxylic acids is 1. The van der Waals surface area contributed by atoms with Crippen LogP contribution in [0.3, 0.4) is 0 Å². The first-order valence-corrected chi connectivity index (χ1v) is 8.58. The standard InChI is InChI=1S/C19H24F2O/c1-17-6-3-4-13(17)14-11-16(20)15-10-12(22)5-7-18(15,2)19(14,21)9-8-17/h5,7,10,13-14,16H,3-4,6,8-9,11H2,1-2H3/t13?,14?,16-,17?,18?,19+/m0/s1. The van der Waals surface area contributed by atoms with Crippen LogP contribution in [0.2, 0.25) is 0 Å². The Balaban J connectivity index is 1.82. The molecule has 0 amide bonds. The summed E-state index contributed by atoms with van der Waals surface area (Å²) in [5.41, 5.74) is -1.80. The topological polar surface area (TPSA) is 17.1 Å². The highest BCUT2D eigenvalue weighted by atomic mass is 19.1. The van der Waals surface area contributed by atoms with Gasteiger partial charge in [0, 0.05) is 11.3 Å². The molecule has 0 aromatic rings. The molecule has 0 bridgehead atoms. The number of rotatable bonds is 0. The number of alkyl halides is 2. The molecule has 0 aromatic heterocycles. The molecule has 4 unspecified atom stereocenters. The molecule has 4 aliphatic carbocycles. The Hall–Kier alpha value is -0.990. The summed E-state index contributed by atoms with van der Waals surface area (Å²) in [7, 11) is 0. The van der Waals surface area contributed by atoms with Gasteiger partial charge in [0.05, 0.1) is 0 Å². The number of fused-ring (bicyclic) bond motifs is 5. The van der Waals surface area contributed by atoms with E-state index in [1.807, 2.05) is 0 Å². The van der Waals surface area contributed by atoms with Crippen LogP contribution in [0.25, 0.3) is 0 Å². The van der Waals surface area contributed by atoms with E-state index in [2.05, 4.69) is 6.92 Å². The van der Waals surface area contributed by atoms with Crippen molar-refractivity contribution in [3.63, 3.8) is 0 Å². The lowest BCUT2D eigenvalue weighted by Crippen LogP contribution is -2.61. The predicted molar refractivity (Wildman–Crippen MR) is 81.9 cm³/mol. The van der Waals surface area contributed by atoms with E-state index in [1.165, 1.54) is 12.2 Å². The minimum atomic E-state index is -1.41. The summed E-state index contributed by atoms with van der Waals surface area (Å²) >= 11 is 0. The first kappa shape index (κ1) is 14.6. The number of carbonyl (C=O) groups is 1. The molecule has 0 spiro atoms. The molecule has 4 aliphatic rings. The third-order valence-electron chi connectivity index (χ3n) is 7.43. The number of ketones is 1. The van der Waals surface area contributed by atoms with E-state index in [9.17, 15) is 9.18 Å². The van der Waals surface area contributed by atoms with Gasteiger partial charge in [0.2, 0.25) is 0 Å². The van der Waals surface area contributed by atoms with Crippen molar-refractivity contribution >= 4 is 5.78 Å². The van der Waals surface area contributed by atoms with Gasteiger partial charge >= 0.3 is 0 Å². The summed E-state index contributed by atoms with van der Waals surface area (Å²) in [5, 5.41) is 0. The molecule has 6 atom stereocenters. The fraction of sp³-hybridized carbons (Fsp3) is 0.737. The van der Waals surface area contributed by atoms with Gasteiger partial charge in [-0.25, -0.2) is 8.78 Å². The van der Waals surface area contributed by atoms with Crippen LogP contribution in [0.5, 0.6) is 0 Å². The van der Waals surface area contributed by atoms with Crippen molar-refractivity contribution in [2.45, 2.75) is 64.2 Å². The molecule has 22 heavy (non-hydrogen) atoms. The molecule has 0 aromatic carbocycles. The first-order valence-electron chi connectivity index (χ1n) is 8.58. The van der Waals surface area contributed by atoms with E-state index in [0.29, 0.717) is 12.0 Å². The van der Waals surface area contributed by atoms with Crippen LogP contribution >= 0.6 is 0 Å². The number of allylic oxidation sites excluding steroid dienone is 4. The molecule has 4 rings (SSSR count). The van der Waals surface area contributed by atoms with E-state index in [-0.39, 0.29) is 29.5 Å². The Morgan fingerprint density at radius 2 is 1.95 bits per heavy atom. The number of hydrogen-bond donors (Lipinski definition) is 0. The first-order chi connectivity index (χ1) is 10.3. The lowest BCUT2D eigenvalue weighted by Gasteiger charge is -2.60. The van der Waals surface area contributed by atoms with Crippen molar-refractivity contribution in [1.29, 1.82) is 0 Å². The van der Waals surface area contributed by atoms with Crippen LogP contribution in [-0.2, 0) is 4.79 Å². The third-order valence-corrected chi connectivity index (χ3v) is 7.43. The molecular weight excluding hydrogens is 282 g/mol. The lowest BCUT2D eigenvalue weighted by molar-refractivity contribution is -0.131. The maximum absolute atomic E-state index is 16.3. The Bertz CT molecular complexity index is 594. The van der Waals surface area contributed by atoms with Gasteiger partial charge in [0.1, 0.15) is 11.8 Å². The fourth-order valence-corrected chi connectivity index (χ4v) is 6.07. The van der Waals surface area contributed by atoms with E-state index in [4.69, 9.17) is 0 Å². The van der Waals surface area contributed by atoms with Crippen molar-refractivity contribution in [1.82, 2.24) is 0 Å². The minimum absolute atomic E-state index is 0.186. The van der Waals surface area contributed by atoms with Crippen molar-refractivity contribution in [3.05, 3.63) is 23.8 Å². The van der Waals surface area contributed by atoms with Crippen LogP contribution in [0.4, 0.5) is 8.78 Å². The second kappa shape index (κ2) is 4.30. The average molecular weight is 306 g/mol. The number of halogens is 2. The zero-order chi connectivity index (χ0) is 15.8. The highest BCUT2D eigenvalue weighted by molar-refractivity contribution is 6.01. The van der Waals surface area contributed by atoms with Gasteiger partial charge in [0.25, 0.3) is 0 Å². The minimum Gasteiger partial charge on any atom is -0.290 e. The molecule has 120 valence electrons. The Morgan fingerprint density at radius 1 is 1.18 bits per heavy atom. The van der Waals surface area contributed by atoms with Crippen LogP contribution in [0.15, 0.2) is 23.8 Å². The quantitative estimate of drug-likeness (QED) is 0.632. The molecule has 0 heterocycles. The molecule has 0 saturated heterocycles. The Kier molecular flexibility index (Phi) is 2.85. The highest BCUT2D eigenvalue weighted by Gasteiger charge is 2.66. The molecule has 3 heteroatoms. The second-order valence-electron chi connectivity index (χ2n) is 8.36. The molecule has 3 fully saturated rings. The largest absolute Gasteiger partial charge is 0.290 e. The van der Waals surface area contributed by atoms with Crippen molar-refractivity contribution in [2.24, 2.45) is 22.7 Å². The zero-order valence-corrected chi connectivity index (χ0v) is 13.4. The summed E-state index contributed by atoms with van der Waals surface area (Å²) in [6.07, 6.45) is 8.18. The Labute approximate surface area is 130 Å². The van der Waals surface area contributed by atoms with E-state index >= 15 is 4.39 Å². The monoisotopic (exact) mass is 306 g/mol. The summed E-state index contributed by atoms with van der Waals surface area (Å²) in [4.78, 5) is 11.7. The summed E-state index contributed by atoms with van der Waals surface area (Å²) in [6, 6.07) is 0. The van der Waals surface area contributed by atoms with E-state index in [0.717, 1.165) is 25.7 Å². The summed E-state index contributed by atoms with van der Waals surface area (Å²) in [6.45, 7) is 4.07. The van der Waals surface area contributed by atoms with Crippen LogP contribution in [0.1, 0.15) is 52.4 Å². The summed E-state index contributed by atoms with van der Waals surface area (Å²) < 4.78 is 31.1. The maximum atomic E-state index is 16.3. The molecule has 0 aliphatic heterocycles. The third kappa shape index (κ3) is 1.60. The molecule has 0 radical (unpaired) electrons. The van der Waals surface area contributed by atoms with E-state index < -0.39 is 17.3 Å². The Morgan fingerprint density at radius 3 is 2.73 bits per heavy atom. The highest BCUT2D eigenvalue weighted by Crippen LogP contribution is 2.67. The lowest BCUT2D eigenvalue weighted by atomic mass is 9.46. The SMILES string of the molecule is CC12CCCC1C1C[C@H](F)C3=CC(=O)C=CC3(C)[C@@]1(F)CC2. The van der Waals surface area contributed by atoms with E-state index in [1.54, 1.807) is 13.0 Å². The van der Waals surface area contributed by atoms with Gasteiger partial charge < -0.3 is 0 Å². The number of hydrogen-bond acceptors (Lipinski definition) is 1. The van der Waals surface area contributed by atoms with Crippen molar-refractivity contribution in [2.75, 3.05) is 0 Å². The van der Waals surface area contributed by atoms with Crippen LogP contribution < -0.4 is 0 Å². The van der Waals surface area contributed by atoms with Crippen LogP contribution in [-0.4, -0.2) is 17.6 Å². The smallest absolute Gasteiger partial charge is 0.178 e. The normalized spacial score (nSPS) is 53.5. The maximum Gasteiger partial charge on any atom is 0.178 e. The van der Waals surface area contributed by atoms with Crippen LogP contribution in [0, 0.1) is 22.7 Å². The zero-order valence-electron chi connectivity index (χ0n) is 13.4. The van der Waals surface area contributed by atoms with Gasteiger partial charge in [-0.15, -0.1) is 0 Å². The fourth-order valence-electron chi connectivity index (χ4n) is 6.07. The predicted octanol–water partition coefficient (Wildman–Crippen LogP) is 4.72. The van der Waals surface area contributed by atoms with Gasteiger partial charge in [-0.3, -0.25) is 4.79 Å². The van der Waals surface area contributed by atoms with Gasteiger partial charge in [-0.05, 0) is 68.1 Å². The molecule has 3 saturated carbocycles.